The first kappa shape index (κ1) is 13.4. The fraction of sp³-hybridized carbons (Fsp3) is 0.600. The average Bonchev–Trinajstić information content (AvgIpc) is 2.94. The van der Waals surface area contributed by atoms with Gasteiger partial charge in [-0.1, -0.05) is 0 Å². The van der Waals surface area contributed by atoms with E-state index in [9.17, 15) is 4.79 Å². The van der Waals surface area contributed by atoms with Crippen LogP contribution in [0.4, 0.5) is 5.69 Å². The van der Waals surface area contributed by atoms with E-state index in [0.29, 0.717) is 5.91 Å². The molecule has 1 saturated carbocycles. The summed E-state index contributed by atoms with van der Waals surface area (Å²) in [5.74, 6) is 0.477. The second-order valence-corrected chi connectivity index (χ2v) is 5.79. The Morgan fingerprint density at radius 1 is 1.15 bits per heavy atom. The lowest BCUT2D eigenvalue weighted by Crippen LogP contribution is -2.50. The summed E-state index contributed by atoms with van der Waals surface area (Å²) < 4.78 is 0. The smallest absolute Gasteiger partial charge is 0.225 e. The van der Waals surface area contributed by atoms with Gasteiger partial charge in [0.15, 0.2) is 0 Å². The van der Waals surface area contributed by atoms with Gasteiger partial charge in [-0.3, -0.25) is 9.78 Å². The molecule has 108 valence electrons. The molecule has 2 aliphatic rings. The summed E-state index contributed by atoms with van der Waals surface area (Å²) in [6, 6.07) is 4.27. The second-order valence-electron chi connectivity index (χ2n) is 5.79. The molecule has 2 atom stereocenters. The Bertz CT molecular complexity index is 456. The zero-order chi connectivity index (χ0) is 13.9. The van der Waals surface area contributed by atoms with E-state index < -0.39 is 0 Å². The van der Waals surface area contributed by atoms with Crippen LogP contribution in [0, 0.1) is 5.92 Å². The molecule has 1 aromatic rings. The Hall–Kier alpha value is -1.62. The standard InChI is InChI=1S/C15H22N4O/c16-13-2-1-12(11-13)15(20)19-9-7-18(8-10-19)14-3-5-17-6-4-14/h3-6,12-13H,1-2,7-11,16H2/t12-,13+/m0/s1. The van der Waals surface area contributed by atoms with Crippen LogP contribution in [-0.2, 0) is 4.79 Å². The van der Waals surface area contributed by atoms with Gasteiger partial charge in [-0.25, -0.2) is 0 Å². The number of hydrogen-bond acceptors (Lipinski definition) is 4. The lowest BCUT2D eigenvalue weighted by atomic mass is 10.1. The van der Waals surface area contributed by atoms with Gasteiger partial charge in [-0.05, 0) is 31.4 Å². The van der Waals surface area contributed by atoms with Crippen molar-refractivity contribution in [1.82, 2.24) is 9.88 Å². The van der Waals surface area contributed by atoms with Crippen LogP contribution in [0.3, 0.4) is 0 Å². The van der Waals surface area contributed by atoms with Crippen LogP contribution in [0.5, 0.6) is 0 Å². The molecule has 0 bridgehead atoms. The molecule has 1 aliphatic heterocycles. The summed E-state index contributed by atoms with van der Waals surface area (Å²) >= 11 is 0. The van der Waals surface area contributed by atoms with Gasteiger partial charge in [0.2, 0.25) is 5.91 Å². The van der Waals surface area contributed by atoms with Gasteiger partial charge in [-0.15, -0.1) is 0 Å². The molecule has 0 aromatic carbocycles. The van der Waals surface area contributed by atoms with E-state index in [0.717, 1.165) is 45.4 Å². The molecular formula is C15H22N4O. The highest BCUT2D eigenvalue weighted by Crippen LogP contribution is 2.26. The van der Waals surface area contributed by atoms with Gasteiger partial charge >= 0.3 is 0 Å². The van der Waals surface area contributed by atoms with Crippen LogP contribution in [0.1, 0.15) is 19.3 Å². The van der Waals surface area contributed by atoms with Crippen molar-refractivity contribution in [2.75, 3.05) is 31.1 Å². The Balaban J connectivity index is 1.55. The third kappa shape index (κ3) is 2.77. The van der Waals surface area contributed by atoms with Crippen molar-refractivity contribution in [3.63, 3.8) is 0 Å². The van der Waals surface area contributed by atoms with E-state index in [1.165, 1.54) is 5.69 Å². The van der Waals surface area contributed by atoms with Crippen LogP contribution in [0.25, 0.3) is 0 Å². The van der Waals surface area contributed by atoms with Crippen molar-refractivity contribution in [1.29, 1.82) is 0 Å². The number of carbonyl (C=O) groups excluding carboxylic acids is 1. The van der Waals surface area contributed by atoms with Crippen molar-refractivity contribution < 1.29 is 4.79 Å². The van der Waals surface area contributed by atoms with Crippen LogP contribution in [-0.4, -0.2) is 48.0 Å². The molecule has 0 unspecified atom stereocenters. The van der Waals surface area contributed by atoms with Crippen molar-refractivity contribution in [3.05, 3.63) is 24.5 Å². The maximum Gasteiger partial charge on any atom is 0.225 e. The minimum atomic E-state index is 0.164. The topological polar surface area (TPSA) is 62.5 Å². The van der Waals surface area contributed by atoms with E-state index in [1.807, 2.05) is 29.4 Å². The van der Waals surface area contributed by atoms with Crippen molar-refractivity contribution >= 4 is 11.6 Å². The number of rotatable bonds is 2. The average molecular weight is 274 g/mol. The van der Waals surface area contributed by atoms with Gasteiger partial charge in [0, 0.05) is 56.2 Å². The van der Waals surface area contributed by atoms with Crippen LogP contribution < -0.4 is 10.6 Å². The minimum Gasteiger partial charge on any atom is -0.368 e. The molecule has 3 rings (SSSR count). The predicted octanol–water partition coefficient (Wildman–Crippen LogP) is 0.858. The Morgan fingerprint density at radius 2 is 1.85 bits per heavy atom. The molecule has 5 nitrogen and oxygen atoms in total. The molecule has 20 heavy (non-hydrogen) atoms. The SMILES string of the molecule is N[C@@H]1CC[C@H](C(=O)N2CCN(c3ccncc3)CC2)C1. The molecule has 1 aromatic heterocycles. The van der Waals surface area contributed by atoms with E-state index in [-0.39, 0.29) is 12.0 Å². The molecule has 1 saturated heterocycles. The number of anilines is 1. The summed E-state index contributed by atoms with van der Waals surface area (Å²) in [7, 11) is 0. The van der Waals surface area contributed by atoms with Crippen LogP contribution >= 0.6 is 0 Å². The molecule has 1 amide bonds. The van der Waals surface area contributed by atoms with E-state index in [4.69, 9.17) is 5.73 Å². The number of hydrogen-bond donors (Lipinski definition) is 1. The Labute approximate surface area is 119 Å². The summed E-state index contributed by atoms with van der Waals surface area (Å²) in [4.78, 5) is 20.8. The maximum absolute atomic E-state index is 12.4. The van der Waals surface area contributed by atoms with Gasteiger partial charge < -0.3 is 15.5 Å². The predicted molar refractivity (Wildman–Crippen MR) is 78.3 cm³/mol. The summed E-state index contributed by atoms with van der Waals surface area (Å²) in [6.45, 7) is 3.42. The molecule has 2 N–H and O–H groups in total. The highest BCUT2D eigenvalue weighted by molar-refractivity contribution is 5.79. The monoisotopic (exact) mass is 274 g/mol. The minimum absolute atomic E-state index is 0.164. The Kier molecular flexibility index (Phi) is 3.87. The van der Waals surface area contributed by atoms with E-state index in [2.05, 4.69) is 9.88 Å². The van der Waals surface area contributed by atoms with Gasteiger partial charge in [0.1, 0.15) is 0 Å². The van der Waals surface area contributed by atoms with Gasteiger partial charge in [0.05, 0.1) is 0 Å². The number of aromatic nitrogens is 1. The lowest BCUT2D eigenvalue weighted by Gasteiger charge is -2.37. The normalized spacial score (nSPS) is 26.9. The number of nitrogens with two attached hydrogens (primary N) is 1. The number of carbonyl (C=O) groups is 1. The molecule has 5 heteroatoms. The summed E-state index contributed by atoms with van der Waals surface area (Å²) in [6.07, 6.45) is 6.45. The third-order valence-electron chi connectivity index (χ3n) is 4.44. The fourth-order valence-electron chi connectivity index (χ4n) is 3.24. The highest BCUT2D eigenvalue weighted by atomic mass is 16.2. The van der Waals surface area contributed by atoms with E-state index >= 15 is 0 Å². The first-order chi connectivity index (χ1) is 9.74. The molecule has 0 spiro atoms. The lowest BCUT2D eigenvalue weighted by molar-refractivity contribution is -0.135. The Morgan fingerprint density at radius 3 is 2.45 bits per heavy atom. The second kappa shape index (κ2) is 5.79. The molecule has 2 heterocycles. The van der Waals surface area contributed by atoms with Gasteiger partial charge in [-0.2, -0.15) is 0 Å². The zero-order valence-electron chi connectivity index (χ0n) is 11.7. The van der Waals surface area contributed by atoms with Crippen molar-refractivity contribution in [3.8, 4) is 0 Å². The number of amides is 1. The molecule has 0 radical (unpaired) electrons. The molecule has 1 aliphatic carbocycles. The highest BCUT2D eigenvalue weighted by Gasteiger charge is 2.32. The first-order valence-electron chi connectivity index (χ1n) is 7.43. The fourth-order valence-corrected chi connectivity index (χ4v) is 3.24. The third-order valence-corrected chi connectivity index (χ3v) is 4.44. The quantitative estimate of drug-likeness (QED) is 0.869. The number of piperazine rings is 1. The largest absolute Gasteiger partial charge is 0.368 e. The summed E-state index contributed by atoms with van der Waals surface area (Å²) in [5.41, 5.74) is 7.10. The van der Waals surface area contributed by atoms with Gasteiger partial charge in [0.25, 0.3) is 0 Å². The summed E-state index contributed by atoms with van der Waals surface area (Å²) in [5, 5.41) is 0. The molecule has 2 fully saturated rings. The van der Waals surface area contributed by atoms with E-state index in [1.54, 1.807) is 0 Å². The van der Waals surface area contributed by atoms with Crippen molar-refractivity contribution in [2.45, 2.75) is 25.3 Å². The first-order valence-corrected chi connectivity index (χ1v) is 7.43. The van der Waals surface area contributed by atoms with Crippen LogP contribution in [0.15, 0.2) is 24.5 Å². The van der Waals surface area contributed by atoms with Crippen molar-refractivity contribution in [2.24, 2.45) is 11.7 Å². The zero-order valence-corrected chi connectivity index (χ0v) is 11.7. The molecular weight excluding hydrogens is 252 g/mol. The van der Waals surface area contributed by atoms with Crippen LogP contribution in [0.2, 0.25) is 0 Å². The maximum atomic E-state index is 12.4. The number of pyridine rings is 1. The number of nitrogens with zero attached hydrogens (tertiary/aromatic N) is 3.